The van der Waals surface area contributed by atoms with Crippen molar-refractivity contribution >= 4 is 23.4 Å². The molecule has 0 saturated carbocycles. The lowest BCUT2D eigenvalue weighted by Crippen LogP contribution is -2.20. The Kier molecular flexibility index (Phi) is 3.92. The fourth-order valence-corrected chi connectivity index (χ4v) is 1.84. The van der Waals surface area contributed by atoms with E-state index >= 15 is 0 Å². The number of nitrogens with two attached hydrogens (primary N) is 1. The molecule has 3 N–H and O–H groups in total. The summed E-state index contributed by atoms with van der Waals surface area (Å²) in [6, 6.07) is 1.21. The Morgan fingerprint density at radius 1 is 1.24 bits per heavy atom. The Hall–Kier alpha value is -2.84. The highest BCUT2D eigenvalue weighted by Crippen LogP contribution is 2.19. The van der Waals surface area contributed by atoms with Gasteiger partial charge in [-0.2, -0.15) is 5.10 Å². The number of nitrogens with zero attached hydrogens (tertiary/aromatic N) is 2. The van der Waals surface area contributed by atoms with Gasteiger partial charge >= 0.3 is 17.6 Å². The minimum Gasteiger partial charge on any atom is -0.462 e. The van der Waals surface area contributed by atoms with Crippen LogP contribution < -0.4 is 11.4 Å². The Balaban J connectivity index is 2.73. The Bertz CT molecular complexity index is 761. The van der Waals surface area contributed by atoms with E-state index in [1.54, 1.807) is 13.8 Å². The van der Waals surface area contributed by atoms with Crippen molar-refractivity contribution < 1.29 is 19.1 Å². The third-order valence-electron chi connectivity index (χ3n) is 2.71. The second-order valence-corrected chi connectivity index (χ2v) is 3.99. The zero-order valence-electron chi connectivity index (χ0n) is 11.5. The number of aromatic amines is 1. The van der Waals surface area contributed by atoms with Crippen LogP contribution in [0.25, 0.3) is 5.65 Å². The van der Waals surface area contributed by atoms with Crippen LogP contribution in [0.1, 0.15) is 34.6 Å². The SMILES string of the molecule is CCOC(=O)c1cc(C(=O)OCC)c2n[nH]c(=O)n2c1N. The van der Waals surface area contributed by atoms with Crippen molar-refractivity contribution in [3.8, 4) is 0 Å². The van der Waals surface area contributed by atoms with Gasteiger partial charge in [-0.3, -0.25) is 0 Å². The highest BCUT2D eigenvalue weighted by Gasteiger charge is 2.23. The number of fused-ring (bicyclic) bond motifs is 1. The summed E-state index contributed by atoms with van der Waals surface area (Å²) in [5.74, 6) is -1.61. The smallest absolute Gasteiger partial charge is 0.349 e. The summed E-state index contributed by atoms with van der Waals surface area (Å²) < 4.78 is 10.7. The minimum atomic E-state index is -0.740. The number of aromatic nitrogens is 3. The number of H-pyrrole nitrogens is 1. The number of carbonyl (C=O) groups is 2. The van der Waals surface area contributed by atoms with Gasteiger partial charge in [-0.1, -0.05) is 0 Å². The van der Waals surface area contributed by atoms with Crippen molar-refractivity contribution in [1.82, 2.24) is 14.6 Å². The van der Waals surface area contributed by atoms with E-state index in [-0.39, 0.29) is 35.8 Å². The maximum atomic E-state index is 11.9. The van der Waals surface area contributed by atoms with Crippen molar-refractivity contribution in [3.63, 3.8) is 0 Å². The normalized spacial score (nSPS) is 10.6. The van der Waals surface area contributed by atoms with Crippen molar-refractivity contribution in [3.05, 3.63) is 27.7 Å². The summed E-state index contributed by atoms with van der Waals surface area (Å²) in [7, 11) is 0. The van der Waals surface area contributed by atoms with Crippen LogP contribution in [0.5, 0.6) is 0 Å². The van der Waals surface area contributed by atoms with E-state index < -0.39 is 17.6 Å². The van der Waals surface area contributed by atoms with Gasteiger partial charge in [0.05, 0.1) is 13.2 Å². The fraction of sp³-hybridized carbons (Fsp3) is 0.333. The molecule has 0 spiro atoms. The molecule has 0 amide bonds. The van der Waals surface area contributed by atoms with Crippen molar-refractivity contribution in [1.29, 1.82) is 0 Å². The van der Waals surface area contributed by atoms with E-state index in [4.69, 9.17) is 15.2 Å². The maximum Gasteiger partial charge on any atom is 0.349 e. The molecule has 2 aromatic heterocycles. The van der Waals surface area contributed by atoms with Gasteiger partial charge in [0.2, 0.25) is 0 Å². The van der Waals surface area contributed by atoms with Gasteiger partial charge in [0, 0.05) is 0 Å². The number of nitrogens with one attached hydrogen (secondary N) is 1. The predicted molar refractivity (Wildman–Crippen MR) is 72.1 cm³/mol. The summed E-state index contributed by atoms with van der Waals surface area (Å²) in [5, 5.41) is 5.89. The molecule has 0 aliphatic heterocycles. The number of hydrogen-bond acceptors (Lipinski definition) is 7. The third kappa shape index (κ3) is 2.45. The maximum absolute atomic E-state index is 11.9. The number of hydrogen-bond donors (Lipinski definition) is 2. The monoisotopic (exact) mass is 294 g/mol. The second kappa shape index (κ2) is 5.65. The van der Waals surface area contributed by atoms with Crippen molar-refractivity contribution in [2.75, 3.05) is 18.9 Å². The number of carbonyl (C=O) groups excluding carboxylic acids is 2. The molecule has 2 heterocycles. The summed E-state index contributed by atoms with van der Waals surface area (Å²) in [6.07, 6.45) is 0. The van der Waals surface area contributed by atoms with Gasteiger partial charge in [0.15, 0.2) is 5.65 Å². The molecule has 0 unspecified atom stereocenters. The van der Waals surface area contributed by atoms with Crippen molar-refractivity contribution in [2.45, 2.75) is 13.8 Å². The first kappa shape index (κ1) is 14.6. The lowest BCUT2D eigenvalue weighted by atomic mass is 10.1. The predicted octanol–water partition coefficient (Wildman–Crippen LogP) is -0.0418. The van der Waals surface area contributed by atoms with Gasteiger partial charge in [-0.25, -0.2) is 23.9 Å². The summed E-state index contributed by atoms with van der Waals surface area (Å²) in [6.45, 7) is 3.53. The largest absolute Gasteiger partial charge is 0.462 e. The number of nitrogen functional groups attached to an aromatic ring is 1. The van der Waals surface area contributed by atoms with Crippen LogP contribution in [-0.4, -0.2) is 39.8 Å². The van der Waals surface area contributed by atoms with E-state index in [0.717, 1.165) is 4.40 Å². The molecule has 0 aliphatic rings. The molecule has 0 atom stereocenters. The topological polar surface area (TPSA) is 129 Å². The standard InChI is InChI=1S/C12H14N4O5/c1-3-20-10(17)6-5-7(11(18)21-4-2)9-14-15-12(19)16(9)8(6)13/h5H,3-4,13H2,1-2H3,(H,15,19). The summed E-state index contributed by atoms with van der Waals surface area (Å²) in [4.78, 5) is 35.5. The van der Waals surface area contributed by atoms with E-state index in [1.165, 1.54) is 6.07 Å². The first-order chi connectivity index (χ1) is 10.0. The molecule has 0 radical (unpaired) electrons. The van der Waals surface area contributed by atoms with Crippen LogP contribution in [0.3, 0.4) is 0 Å². The van der Waals surface area contributed by atoms with Crippen LogP contribution in [-0.2, 0) is 9.47 Å². The average molecular weight is 294 g/mol. The highest BCUT2D eigenvalue weighted by atomic mass is 16.5. The van der Waals surface area contributed by atoms with Gasteiger partial charge < -0.3 is 15.2 Å². The van der Waals surface area contributed by atoms with E-state index in [2.05, 4.69) is 10.2 Å². The average Bonchev–Trinajstić information content (AvgIpc) is 2.82. The molecule has 21 heavy (non-hydrogen) atoms. The molecule has 0 saturated heterocycles. The molecule has 112 valence electrons. The molecule has 0 aliphatic carbocycles. The Morgan fingerprint density at radius 3 is 2.38 bits per heavy atom. The van der Waals surface area contributed by atoms with Crippen LogP contribution in [0.15, 0.2) is 10.9 Å². The minimum absolute atomic E-state index is 0.0102. The highest BCUT2D eigenvalue weighted by molar-refractivity contribution is 6.02. The van der Waals surface area contributed by atoms with Crippen LogP contribution in [0, 0.1) is 0 Å². The third-order valence-corrected chi connectivity index (χ3v) is 2.71. The van der Waals surface area contributed by atoms with Crippen LogP contribution >= 0.6 is 0 Å². The van der Waals surface area contributed by atoms with Gasteiger partial charge in [0.1, 0.15) is 16.9 Å². The zero-order chi connectivity index (χ0) is 15.6. The van der Waals surface area contributed by atoms with Crippen LogP contribution in [0.4, 0.5) is 5.82 Å². The number of ether oxygens (including phenoxy) is 2. The quantitative estimate of drug-likeness (QED) is 0.757. The Morgan fingerprint density at radius 2 is 1.81 bits per heavy atom. The molecule has 2 rings (SSSR count). The molecule has 9 nitrogen and oxygen atoms in total. The van der Waals surface area contributed by atoms with E-state index in [1.807, 2.05) is 0 Å². The lowest BCUT2D eigenvalue weighted by molar-refractivity contribution is 0.0526. The first-order valence-corrected chi connectivity index (χ1v) is 6.25. The van der Waals surface area contributed by atoms with Crippen LogP contribution in [0.2, 0.25) is 0 Å². The Labute approximate surface area is 118 Å². The van der Waals surface area contributed by atoms with Crippen molar-refractivity contribution in [2.24, 2.45) is 0 Å². The lowest BCUT2D eigenvalue weighted by Gasteiger charge is -2.09. The zero-order valence-corrected chi connectivity index (χ0v) is 11.5. The molecule has 9 heteroatoms. The number of anilines is 1. The van der Waals surface area contributed by atoms with Gasteiger partial charge in [-0.15, -0.1) is 0 Å². The molecule has 0 fully saturated rings. The summed E-state index contributed by atoms with van der Waals surface area (Å²) in [5.41, 5.74) is 4.96. The fourth-order valence-electron chi connectivity index (χ4n) is 1.84. The molecule has 0 bridgehead atoms. The first-order valence-electron chi connectivity index (χ1n) is 6.25. The number of pyridine rings is 1. The molecule has 0 aromatic carbocycles. The summed E-state index contributed by atoms with van der Waals surface area (Å²) >= 11 is 0. The van der Waals surface area contributed by atoms with E-state index in [9.17, 15) is 14.4 Å². The van der Waals surface area contributed by atoms with Gasteiger partial charge in [0.25, 0.3) is 0 Å². The molecule has 2 aromatic rings. The molecular weight excluding hydrogens is 280 g/mol. The second-order valence-electron chi connectivity index (χ2n) is 3.99. The molecular formula is C12H14N4O5. The van der Waals surface area contributed by atoms with Gasteiger partial charge in [-0.05, 0) is 19.9 Å². The number of rotatable bonds is 4. The number of esters is 2. The van der Waals surface area contributed by atoms with E-state index in [0.29, 0.717) is 0 Å².